The summed E-state index contributed by atoms with van der Waals surface area (Å²) < 4.78 is 4.91. The Labute approximate surface area is 98.6 Å². The molecule has 0 bridgehead atoms. The third kappa shape index (κ3) is 1.49. The van der Waals surface area contributed by atoms with Gasteiger partial charge in [-0.2, -0.15) is 0 Å². The van der Waals surface area contributed by atoms with Gasteiger partial charge >= 0.3 is 5.97 Å². The van der Waals surface area contributed by atoms with Gasteiger partial charge in [-0.25, -0.2) is 4.79 Å². The highest BCUT2D eigenvalue weighted by molar-refractivity contribution is 9.10. The van der Waals surface area contributed by atoms with Crippen molar-refractivity contribution in [2.24, 2.45) is 0 Å². The zero-order valence-electron chi connectivity index (χ0n) is 7.77. The molecule has 0 aliphatic carbocycles. The molecule has 0 aromatic rings. The minimum Gasteiger partial charge on any atom is -0.477 e. The minimum atomic E-state index is -1.08. The third-order valence-electron chi connectivity index (χ3n) is 2.22. The van der Waals surface area contributed by atoms with Gasteiger partial charge < -0.3 is 9.84 Å². The van der Waals surface area contributed by atoms with Gasteiger partial charge in [-0.3, -0.25) is 9.69 Å². The Morgan fingerprint density at radius 1 is 1.73 bits per heavy atom. The number of carboxylic acid groups (broad SMARTS) is 1. The molecule has 1 fully saturated rings. The predicted octanol–water partition coefficient (Wildman–Crippen LogP) is 0.608. The predicted molar refractivity (Wildman–Crippen MR) is 57.5 cm³/mol. The molecule has 7 heteroatoms. The number of hydrogen-bond acceptors (Lipinski definition) is 4. The van der Waals surface area contributed by atoms with Crippen molar-refractivity contribution < 1.29 is 19.4 Å². The van der Waals surface area contributed by atoms with Gasteiger partial charge in [0.2, 0.25) is 5.91 Å². The Morgan fingerprint density at radius 2 is 2.40 bits per heavy atom. The Kier molecular flexibility index (Phi) is 2.78. The SMILES string of the molecule is COCC1=C(C(=O)O)N2C(=O)[C@H](Br)[C@H]2S1. The van der Waals surface area contributed by atoms with Gasteiger partial charge in [0, 0.05) is 12.0 Å². The molecule has 1 saturated heterocycles. The lowest BCUT2D eigenvalue weighted by Crippen LogP contribution is -2.58. The van der Waals surface area contributed by atoms with Gasteiger partial charge in [0.05, 0.1) is 6.61 Å². The molecule has 0 spiro atoms. The molecule has 2 atom stereocenters. The second-order valence-corrected chi connectivity index (χ2v) is 5.33. The van der Waals surface area contributed by atoms with E-state index in [9.17, 15) is 9.59 Å². The summed E-state index contributed by atoms with van der Waals surface area (Å²) in [5.74, 6) is -1.28. The van der Waals surface area contributed by atoms with E-state index in [1.807, 2.05) is 0 Å². The van der Waals surface area contributed by atoms with Crippen molar-refractivity contribution >= 4 is 39.6 Å². The first-order valence-corrected chi connectivity index (χ1v) is 5.96. The van der Waals surface area contributed by atoms with Gasteiger partial charge in [0.15, 0.2) is 0 Å². The van der Waals surface area contributed by atoms with Gasteiger partial charge in [-0.1, -0.05) is 27.7 Å². The number of alkyl halides is 1. The monoisotopic (exact) mass is 293 g/mol. The summed E-state index contributed by atoms with van der Waals surface area (Å²) in [6.45, 7) is 0.228. The molecule has 5 nitrogen and oxygen atoms in total. The number of nitrogens with zero attached hydrogens (tertiary/aromatic N) is 1. The van der Waals surface area contributed by atoms with E-state index in [0.717, 1.165) is 0 Å². The van der Waals surface area contributed by atoms with E-state index in [-0.39, 0.29) is 28.4 Å². The van der Waals surface area contributed by atoms with Crippen LogP contribution in [0.2, 0.25) is 0 Å². The van der Waals surface area contributed by atoms with Crippen LogP contribution >= 0.6 is 27.7 Å². The summed E-state index contributed by atoms with van der Waals surface area (Å²) in [6, 6.07) is 0. The number of aliphatic carboxylic acids is 1. The number of methoxy groups -OCH3 is 1. The van der Waals surface area contributed by atoms with Crippen LogP contribution in [0.1, 0.15) is 0 Å². The number of thioether (sulfide) groups is 1. The van der Waals surface area contributed by atoms with Gasteiger partial charge in [-0.05, 0) is 0 Å². The number of hydrogen-bond donors (Lipinski definition) is 1. The van der Waals surface area contributed by atoms with Crippen molar-refractivity contribution in [1.82, 2.24) is 4.90 Å². The molecule has 2 aliphatic heterocycles. The smallest absolute Gasteiger partial charge is 0.353 e. The number of carbonyl (C=O) groups is 2. The second kappa shape index (κ2) is 3.80. The zero-order valence-corrected chi connectivity index (χ0v) is 10.2. The third-order valence-corrected chi connectivity index (χ3v) is 4.79. The molecule has 0 saturated carbocycles. The molecule has 2 rings (SSSR count). The number of carboxylic acids is 1. The molecule has 0 aromatic carbocycles. The van der Waals surface area contributed by atoms with E-state index in [2.05, 4.69) is 15.9 Å². The van der Waals surface area contributed by atoms with Crippen molar-refractivity contribution in [2.45, 2.75) is 10.2 Å². The molecule has 0 unspecified atom stereocenters. The lowest BCUT2D eigenvalue weighted by molar-refractivity contribution is -0.144. The van der Waals surface area contributed by atoms with Crippen molar-refractivity contribution in [3.05, 3.63) is 10.6 Å². The fraction of sp³-hybridized carbons (Fsp3) is 0.500. The van der Waals surface area contributed by atoms with E-state index in [0.29, 0.717) is 4.91 Å². The molecule has 0 aromatic heterocycles. The molecule has 15 heavy (non-hydrogen) atoms. The topological polar surface area (TPSA) is 66.8 Å². The van der Waals surface area contributed by atoms with Gasteiger partial charge in [-0.15, -0.1) is 0 Å². The molecular weight excluding hydrogens is 286 g/mol. The highest BCUT2D eigenvalue weighted by Gasteiger charge is 2.54. The van der Waals surface area contributed by atoms with Crippen LogP contribution in [0.3, 0.4) is 0 Å². The van der Waals surface area contributed by atoms with Crippen molar-refractivity contribution in [3.63, 3.8) is 0 Å². The van der Waals surface area contributed by atoms with E-state index in [1.165, 1.54) is 23.8 Å². The van der Waals surface area contributed by atoms with Crippen LogP contribution in [-0.2, 0) is 14.3 Å². The van der Waals surface area contributed by atoms with Crippen LogP contribution < -0.4 is 0 Å². The number of ether oxygens (including phenoxy) is 1. The Balaban J connectivity index is 2.29. The Bertz CT molecular complexity index is 370. The summed E-state index contributed by atoms with van der Waals surface area (Å²) in [4.78, 5) is 24.1. The van der Waals surface area contributed by atoms with Crippen LogP contribution in [0.5, 0.6) is 0 Å². The van der Waals surface area contributed by atoms with Gasteiger partial charge in [0.25, 0.3) is 0 Å². The van der Waals surface area contributed by atoms with E-state index < -0.39 is 5.97 Å². The molecule has 1 N–H and O–H groups in total. The van der Waals surface area contributed by atoms with Crippen LogP contribution in [0.4, 0.5) is 0 Å². The molecule has 2 aliphatic rings. The maximum Gasteiger partial charge on any atom is 0.353 e. The van der Waals surface area contributed by atoms with Crippen molar-refractivity contribution in [1.29, 1.82) is 0 Å². The lowest BCUT2D eigenvalue weighted by atomic mass is 10.1. The minimum absolute atomic E-state index is 0.0625. The molecular formula is C8H8BrNO4S. The first-order valence-electron chi connectivity index (χ1n) is 4.17. The van der Waals surface area contributed by atoms with Crippen LogP contribution in [-0.4, -0.2) is 45.8 Å². The number of fused-ring (bicyclic) bond motifs is 1. The highest BCUT2D eigenvalue weighted by atomic mass is 79.9. The number of halogens is 1. The molecule has 1 amide bonds. The van der Waals surface area contributed by atoms with Gasteiger partial charge in [0.1, 0.15) is 15.9 Å². The average Bonchev–Trinajstić information content (AvgIpc) is 2.54. The standard InChI is InChI=1S/C8H8BrNO4S/c1-14-2-3-5(8(12)13)10-6(11)4(9)7(10)15-3/h4,7H,2H2,1H3,(H,12,13)/t4-,7+/m0/s1. The Morgan fingerprint density at radius 3 is 2.93 bits per heavy atom. The number of β-lactam (4-membered cyclic amide) rings is 1. The normalized spacial score (nSPS) is 29.2. The van der Waals surface area contributed by atoms with Crippen molar-refractivity contribution in [3.8, 4) is 0 Å². The maximum atomic E-state index is 11.4. The number of amides is 1. The quantitative estimate of drug-likeness (QED) is 0.610. The summed E-state index contributed by atoms with van der Waals surface area (Å²) in [6.07, 6.45) is 0. The zero-order chi connectivity index (χ0) is 11.2. The fourth-order valence-electron chi connectivity index (χ4n) is 1.57. The van der Waals surface area contributed by atoms with Crippen LogP contribution in [0.25, 0.3) is 0 Å². The largest absolute Gasteiger partial charge is 0.477 e. The number of carbonyl (C=O) groups excluding carboxylic acids is 1. The molecule has 82 valence electrons. The fourth-order valence-corrected chi connectivity index (χ4v) is 3.68. The maximum absolute atomic E-state index is 11.4. The lowest BCUT2D eigenvalue weighted by Gasteiger charge is -2.38. The van der Waals surface area contributed by atoms with E-state index in [4.69, 9.17) is 9.84 Å². The first kappa shape index (κ1) is 11.0. The summed E-state index contributed by atoms with van der Waals surface area (Å²) >= 11 is 4.58. The molecule has 2 heterocycles. The summed E-state index contributed by atoms with van der Waals surface area (Å²) in [5, 5.41) is 8.87. The first-order chi connectivity index (χ1) is 7.07. The van der Waals surface area contributed by atoms with E-state index >= 15 is 0 Å². The molecule has 0 radical (unpaired) electrons. The summed E-state index contributed by atoms with van der Waals surface area (Å²) in [7, 11) is 1.50. The van der Waals surface area contributed by atoms with E-state index in [1.54, 1.807) is 0 Å². The van der Waals surface area contributed by atoms with Crippen LogP contribution in [0.15, 0.2) is 10.6 Å². The summed E-state index contributed by atoms with van der Waals surface area (Å²) in [5.41, 5.74) is 0.0625. The Hall–Kier alpha value is -0.530. The average molecular weight is 294 g/mol. The second-order valence-electron chi connectivity index (χ2n) is 3.13. The number of rotatable bonds is 3. The highest BCUT2D eigenvalue weighted by Crippen LogP contribution is 2.48. The van der Waals surface area contributed by atoms with Crippen LogP contribution in [0, 0.1) is 0 Å². The van der Waals surface area contributed by atoms with Crippen molar-refractivity contribution in [2.75, 3.05) is 13.7 Å².